The van der Waals surface area contributed by atoms with E-state index in [0.29, 0.717) is 17.2 Å². The third kappa shape index (κ3) is 4.58. The lowest BCUT2D eigenvalue weighted by molar-refractivity contribution is 0.259. The number of aromatic nitrogens is 4. The molecule has 0 atom stereocenters. The number of aromatic amines is 1. The van der Waals surface area contributed by atoms with Gasteiger partial charge in [-0.2, -0.15) is 4.98 Å². The summed E-state index contributed by atoms with van der Waals surface area (Å²) >= 11 is 0. The maximum Gasteiger partial charge on any atom is 0.329 e. The van der Waals surface area contributed by atoms with E-state index in [0.717, 1.165) is 39.1 Å². The Kier molecular flexibility index (Phi) is 6.49. The van der Waals surface area contributed by atoms with E-state index in [2.05, 4.69) is 46.8 Å². The largest absolute Gasteiger partial charge is 0.340 e. The minimum Gasteiger partial charge on any atom is -0.340 e. The molecule has 0 saturated carbocycles. The fourth-order valence-corrected chi connectivity index (χ4v) is 4.93. The van der Waals surface area contributed by atoms with Gasteiger partial charge in [0.2, 0.25) is 5.95 Å². The SMILES string of the molecule is Cc1ccc(C)c(CCN2CCN(c3nc4c(c(=O)[nH]c(=O)n4C)n3Cc3ccccc3F)CC2)c1. The number of fused-ring (bicyclic) bond motifs is 1. The number of hydrogen-bond acceptors (Lipinski definition) is 5. The van der Waals surface area contributed by atoms with Crippen molar-refractivity contribution >= 4 is 17.1 Å². The van der Waals surface area contributed by atoms with Crippen molar-refractivity contribution in [3.8, 4) is 0 Å². The normalized spacial score (nSPS) is 14.6. The second-order valence-electron chi connectivity index (χ2n) is 9.59. The molecule has 1 aliphatic rings. The van der Waals surface area contributed by atoms with Crippen molar-refractivity contribution in [1.29, 1.82) is 0 Å². The van der Waals surface area contributed by atoms with Crippen molar-refractivity contribution in [2.24, 2.45) is 7.05 Å². The highest BCUT2D eigenvalue weighted by Crippen LogP contribution is 2.23. The summed E-state index contributed by atoms with van der Waals surface area (Å²) in [4.78, 5) is 36.7. The number of benzene rings is 2. The van der Waals surface area contributed by atoms with Gasteiger partial charge < -0.3 is 4.90 Å². The van der Waals surface area contributed by atoms with Gasteiger partial charge in [-0.15, -0.1) is 0 Å². The fourth-order valence-electron chi connectivity index (χ4n) is 4.93. The van der Waals surface area contributed by atoms with Gasteiger partial charge in [0.05, 0.1) is 6.54 Å². The van der Waals surface area contributed by atoms with E-state index in [1.54, 1.807) is 29.8 Å². The van der Waals surface area contributed by atoms with Gasteiger partial charge in [-0.1, -0.05) is 42.0 Å². The number of rotatable bonds is 6. The number of nitrogens with zero attached hydrogens (tertiary/aromatic N) is 5. The van der Waals surface area contributed by atoms with Crippen LogP contribution in [0.25, 0.3) is 11.2 Å². The molecule has 0 spiro atoms. The molecule has 5 rings (SSSR count). The molecule has 36 heavy (non-hydrogen) atoms. The topological polar surface area (TPSA) is 79.2 Å². The predicted molar refractivity (Wildman–Crippen MR) is 139 cm³/mol. The van der Waals surface area contributed by atoms with Crippen molar-refractivity contribution in [3.05, 3.63) is 91.4 Å². The monoisotopic (exact) mass is 490 g/mol. The summed E-state index contributed by atoms with van der Waals surface area (Å²) in [7, 11) is 1.58. The molecule has 0 aliphatic carbocycles. The number of H-pyrrole nitrogens is 1. The number of aryl methyl sites for hydroxylation is 3. The zero-order chi connectivity index (χ0) is 25.4. The molecule has 0 amide bonds. The molecule has 1 saturated heterocycles. The van der Waals surface area contributed by atoms with Gasteiger partial charge in [0, 0.05) is 45.3 Å². The molecule has 4 aromatic rings. The third-order valence-electron chi connectivity index (χ3n) is 7.13. The summed E-state index contributed by atoms with van der Waals surface area (Å²) in [6, 6.07) is 13.1. The average Bonchev–Trinajstić information content (AvgIpc) is 3.25. The van der Waals surface area contributed by atoms with Gasteiger partial charge in [-0.3, -0.25) is 23.8 Å². The van der Waals surface area contributed by atoms with Crippen LogP contribution in [0.3, 0.4) is 0 Å². The maximum atomic E-state index is 14.5. The number of halogens is 1. The molecule has 8 nitrogen and oxygen atoms in total. The van der Waals surface area contributed by atoms with Gasteiger partial charge in [-0.05, 0) is 37.5 Å². The van der Waals surface area contributed by atoms with Gasteiger partial charge in [-0.25, -0.2) is 9.18 Å². The van der Waals surface area contributed by atoms with Crippen molar-refractivity contribution in [2.75, 3.05) is 37.6 Å². The predicted octanol–water partition coefficient (Wildman–Crippen LogP) is 2.59. The molecule has 3 heterocycles. The van der Waals surface area contributed by atoms with E-state index in [4.69, 9.17) is 4.98 Å². The molecule has 9 heteroatoms. The van der Waals surface area contributed by atoms with E-state index in [1.165, 1.54) is 27.3 Å². The van der Waals surface area contributed by atoms with Crippen LogP contribution in [0.15, 0.2) is 52.1 Å². The molecule has 1 fully saturated rings. The molecule has 1 aliphatic heterocycles. The van der Waals surface area contributed by atoms with E-state index in [1.807, 2.05) is 0 Å². The van der Waals surface area contributed by atoms with Gasteiger partial charge >= 0.3 is 5.69 Å². The number of hydrogen-bond donors (Lipinski definition) is 1. The first kappa shape index (κ1) is 24.0. The molecule has 1 N–H and O–H groups in total. The first-order valence-corrected chi connectivity index (χ1v) is 12.3. The van der Waals surface area contributed by atoms with Crippen LogP contribution in [0.4, 0.5) is 10.3 Å². The van der Waals surface area contributed by atoms with Gasteiger partial charge in [0.1, 0.15) is 5.82 Å². The standard InChI is InChI=1S/C27H31FN6O2/c1-18-8-9-19(2)20(16-18)10-11-32-12-14-33(15-13-32)26-29-24-23(25(35)30-27(36)31(24)3)34(26)17-21-6-4-5-7-22(21)28/h4-9,16H,10-15,17H2,1-3H3,(H,30,35,36). The Labute approximate surface area is 208 Å². The maximum absolute atomic E-state index is 14.5. The molecular weight excluding hydrogens is 459 g/mol. The van der Waals surface area contributed by atoms with Crippen LogP contribution in [-0.2, 0) is 20.0 Å². The summed E-state index contributed by atoms with van der Waals surface area (Å²) in [5.41, 5.74) is 3.96. The smallest absolute Gasteiger partial charge is 0.329 e. The average molecular weight is 491 g/mol. The van der Waals surface area contributed by atoms with E-state index in [9.17, 15) is 14.0 Å². The lowest BCUT2D eigenvalue weighted by atomic mass is 10.0. The summed E-state index contributed by atoms with van der Waals surface area (Å²) in [6.45, 7) is 8.53. The lowest BCUT2D eigenvalue weighted by Crippen LogP contribution is -2.47. The van der Waals surface area contributed by atoms with Crippen molar-refractivity contribution < 1.29 is 4.39 Å². The molecule has 0 unspecified atom stereocenters. The zero-order valence-electron chi connectivity index (χ0n) is 20.9. The number of imidazole rings is 1. The highest BCUT2D eigenvalue weighted by Gasteiger charge is 2.25. The van der Waals surface area contributed by atoms with Crippen molar-refractivity contribution in [3.63, 3.8) is 0 Å². The van der Waals surface area contributed by atoms with E-state index >= 15 is 0 Å². The summed E-state index contributed by atoms with van der Waals surface area (Å²) in [5, 5.41) is 0. The molecule has 2 aromatic heterocycles. The van der Waals surface area contributed by atoms with Gasteiger partial charge in [0.25, 0.3) is 5.56 Å². The Balaban J connectivity index is 1.41. The number of anilines is 1. The third-order valence-corrected chi connectivity index (χ3v) is 7.13. The lowest BCUT2D eigenvalue weighted by Gasteiger charge is -2.35. The van der Waals surface area contributed by atoms with Crippen LogP contribution in [0.5, 0.6) is 0 Å². The second-order valence-corrected chi connectivity index (χ2v) is 9.59. The molecule has 188 valence electrons. The highest BCUT2D eigenvalue weighted by atomic mass is 19.1. The highest BCUT2D eigenvalue weighted by molar-refractivity contribution is 5.74. The number of piperazine rings is 1. The first-order chi connectivity index (χ1) is 17.3. The number of nitrogens with one attached hydrogen (secondary N) is 1. The van der Waals surface area contributed by atoms with Crippen molar-refractivity contribution in [2.45, 2.75) is 26.8 Å². The minimum atomic E-state index is -0.522. The second kappa shape index (κ2) is 9.73. The van der Waals surface area contributed by atoms with Crippen LogP contribution in [-0.4, -0.2) is 56.7 Å². The Morgan fingerprint density at radius 3 is 2.50 bits per heavy atom. The van der Waals surface area contributed by atoms with Crippen LogP contribution in [0.1, 0.15) is 22.3 Å². The Hall–Kier alpha value is -3.72. The Bertz CT molecular complexity index is 1530. The Morgan fingerprint density at radius 1 is 1.00 bits per heavy atom. The van der Waals surface area contributed by atoms with Gasteiger partial charge in [0.15, 0.2) is 11.2 Å². The minimum absolute atomic E-state index is 0.145. The van der Waals surface area contributed by atoms with Crippen LogP contribution < -0.4 is 16.1 Å². The Morgan fingerprint density at radius 2 is 1.75 bits per heavy atom. The molecule has 0 bridgehead atoms. The summed E-state index contributed by atoms with van der Waals surface area (Å²) in [5.74, 6) is 0.233. The van der Waals surface area contributed by atoms with Crippen LogP contribution >= 0.6 is 0 Å². The molecule has 2 aromatic carbocycles. The molecule has 0 radical (unpaired) electrons. The fraction of sp³-hybridized carbons (Fsp3) is 0.370. The van der Waals surface area contributed by atoms with Crippen molar-refractivity contribution in [1.82, 2.24) is 24.0 Å². The summed E-state index contributed by atoms with van der Waals surface area (Å²) in [6.07, 6.45) is 0.997. The zero-order valence-corrected chi connectivity index (χ0v) is 20.9. The van der Waals surface area contributed by atoms with E-state index < -0.39 is 11.2 Å². The van der Waals surface area contributed by atoms with Crippen LogP contribution in [0.2, 0.25) is 0 Å². The summed E-state index contributed by atoms with van der Waals surface area (Å²) < 4.78 is 17.6. The molecular formula is C27H31FN6O2. The first-order valence-electron chi connectivity index (χ1n) is 12.3. The quantitative estimate of drug-likeness (QED) is 0.450. The van der Waals surface area contributed by atoms with E-state index in [-0.39, 0.29) is 17.9 Å². The van der Waals surface area contributed by atoms with Crippen LogP contribution in [0, 0.1) is 19.7 Å².